The van der Waals surface area contributed by atoms with Crippen molar-refractivity contribution in [3.05, 3.63) is 65.5 Å². The number of hydrazone groups is 1. The fourth-order valence-corrected chi connectivity index (χ4v) is 4.71. The molecular weight excluding hydrogens is 437 g/mol. The van der Waals surface area contributed by atoms with Gasteiger partial charge in [0.15, 0.2) is 0 Å². The van der Waals surface area contributed by atoms with Crippen molar-refractivity contribution in [2.45, 2.75) is 44.7 Å². The molecule has 1 saturated heterocycles. The van der Waals surface area contributed by atoms with E-state index in [9.17, 15) is 14.0 Å². The summed E-state index contributed by atoms with van der Waals surface area (Å²) in [7, 11) is 1.58. The van der Waals surface area contributed by atoms with Gasteiger partial charge in [0, 0.05) is 17.5 Å². The normalized spacial score (nSPS) is 20.7. The summed E-state index contributed by atoms with van der Waals surface area (Å²) < 4.78 is 25.3. The number of hydrogen-bond donors (Lipinski definition) is 0. The number of para-hydroxylation sites is 1. The summed E-state index contributed by atoms with van der Waals surface area (Å²) in [6, 6.07) is 13.0. The second kappa shape index (κ2) is 10.8. The van der Waals surface area contributed by atoms with Crippen LogP contribution >= 0.6 is 0 Å². The van der Waals surface area contributed by atoms with Crippen LogP contribution in [0.25, 0.3) is 0 Å². The maximum Gasteiger partial charge on any atom is 0.323 e. The highest BCUT2D eigenvalue weighted by molar-refractivity contribution is 6.03. The SMILES string of the molecule is CCOC(=O)[C@H]1CCCCN1CC(=O)N1N=C(c2ccccc2F)C[C@@H]1c1ccccc1OC. The van der Waals surface area contributed by atoms with Gasteiger partial charge in [-0.3, -0.25) is 14.5 Å². The lowest BCUT2D eigenvalue weighted by molar-refractivity contribution is -0.152. The van der Waals surface area contributed by atoms with Crippen LogP contribution in [0, 0.1) is 5.82 Å². The zero-order chi connectivity index (χ0) is 24.1. The van der Waals surface area contributed by atoms with Crippen molar-refractivity contribution in [3.8, 4) is 5.75 Å². The number of halogens is 1. The Morgan fingerprint density at radius 2 is 1.88 bits per heavy atom. The van der Waals surface area contributed by atoms with Crippen LogP contribution in [-0.4, -0.2) is 60.3 Å². The summed E-state index contributed by atoms with van der Waals surface area (Å²) in [5, 5.41) is 6.01. The van der Waals surface area contributed by atoms with Gasteiger partial charge in [0.2, 0.25) is 0 Å². The van der Waals surface area contributed by atoms with E-state index in [0.717, 1.165) is 18.4 Å². The molecule has 1 amide bonds. The third-order valence-corrected chi connectivity index (χ3v) is 6.36. The molecule has 0 spiro atoms. The molecule has 0 saturated carbocycles. The molecule has 2 aliphatic rings. The number of esters is 1. The van der Waals surface area contributed by atoms with Crippen LogP contribution in [0.15, 0.2) is 53.6 Å². The molecule has 2 atom stereocenters. The highest BCUT2D eigenvalue weighted by Crippen LogP contribution is 2.38. The molecule has 0 aliphatic carbocycles. The third-order valence-electron chi connectivity index (χ3n) is 6.36. The summed E-state index contributed by atoms with van der Waals surface area (Å²) in [6.07, 6.45) is 2.83. The van der Waals surface area contributed by atoms with Gasteiger partial charge in [0.05, 0.1) is 32.0 Å². The van der Waals surface area contributed by atoms with Gasteiger partial charge in [0.1, 0.15) is 17.6 Å². The summed E-state index contributed by atoms with van der Waals surface area (Å²) in [5.41, 5.74) is 1.68. The number of rotatable bonds is 7. The van der Waals surface area contributed by atoms with E-state index in [0.29, 0.717) is 43.0 Å². The molecule has 34 heavy (non-hydrogen) atoms. The predicted molar refractivity (Wildman–Crippen MR) is 126 cm³/mol. The Morgan fingerprint density at radius 1 is 1.12 bits per heavy atom. The smallest absolute Gasteiger partial charge is 0.323 e. The second-order valence-corrected chi connectivity index (χ2v) is 8.46. The first-order chi connectivity index (χ1) is 16.5. The Bertz CT molecular complexity index is 1070. The van der Waals surface area contributed by atoms with Gasteiger partial charge in [0.25, 0.3) is 5.91 Å². The minimum absolute atomic E-state index is 0.0309. The molecule has 2 aromatic rings. The Hall–Kier alpha value is -3.26. The molecular formula is C26H30FN3O4. The molecule has 0 aromatic heterocycles. The molecule has 0 radical (unpaired) electrons. The molecule has 4 rings (SSSR count). The zero-order valence-electron chi connectivity index (χ0n) is 19.6. The first kappa shape index (κ1) is 23.9. The van der Waals surface area contributed by atoms with Crippen LogP contribution in [0.1, 0.15) is 49.8 Å². The fraction of sp³-hybridized carbons (Fsp3) is 0.423. The van der Waals surface area contributed by atoms with Gasteiger partial charge in [-0.05, 0) is 38.4 Å². The molecule has 2 aliphatic heterocycles. The minimum Gasteiger partial charge on any atom is -0.496 e. The largest absolute Gasteiger partial charge is 0.496 e. The Kier molecular flexibility index (Phi) is 7.57. The van der Waals surface area contributed by atoms with Crippen LogP contribution < -0.4 is 4.74 Å². The molecule has 180 valence electrons. The lowest BCUT2D eigenvalue weighted by Crippen LogP contribution is -2.49. The van der Waals surface area contributed by atoms with E-state index in [1.807, 2.05) is 29.2 Å². The van der Waals surface area contributed by atoms with Crippen molar-refractivity contribution in [1.29, 1.82) is 0 Å². The molecule has 2 aromatic carbocycles. The van der Waals surface area contributed by atoms with Crippen LogP contribution in [0.5, 0.6) is 5.75 Å². The summed E-state index contributed by atoms with van der Waals surface area (Å²) in [4.78, 5) is 27.9. The van der Waals surface area contributed by atoms with E-state index < -0.39 is 12.1 Å². The average Bonchev–Trinajstić information content (AvgIpc) is 3.30. The van der Waals surface area contributed by atoms with E-state index in [-0.39, 0.29) is 24.2 Å². The van der Waals surface area contributed by atoms with Crippen molar-refractivity contribution in [3.63, 3.8) is 0 Å². The van der Waals surface area contributed by atoms with Crippen LogP contribution in [-0.2, 0) is 14.3 Å². The Balaban J connectivity index is 1.64. The number of likely N-dealkylation sites (tertiary alicyclic amines) is 1. The van der Waals surface area contributed by atoms with Crippen molar-refractivity contribution in [2.24, 2.45) is 5.10 Å². The first-order valence-corrected chi connectivity index (χ1v) is 11.7. The van der Waals surface area contributed by atoms with Gasteiger partial charge < -0.3 is 9.47 Å². The minimum atomic E-state index is -0.444. The topological polar surface area (TPSA) is 71.4 Å². The van der Waals surface area contributed by atoms with E-state index in [1.165, 1.54) is 11.1 Å². The Labute approximate surface area is 199 Å². The molecule has 1 fully saturated rings. The standard InChI is InChI=1S/C26H30FN3O4/c1-3-34-26(32)22-13-8-9-15-29(22)17-25(31)30-23(19-11-5-7-14-24(19)33-2)16-21(28-30)18-10-4-6-12-20(18)27/h4-7,10-12,14,22-23H,3,8-9,13,15-17H2,1-2H3/t22-,23-/m1/s1. The zero-order valence-corrected chi connectivity index (χ0v) is 19.6. The molecule has 7 nitrogen and oxygen atoms in total. The Morgan fingerprint density at radius 3 is 2.65 bits per heavy atom. The van der Waals surface area contributed by atoms with Crippen molar-refractivity contribution >= 4 is 17.6 Å². The maximum atomic E-state index is 14.6. The van der Waals surface area contributed by atoms with E-state index in [4.69, 9.17) is 9.47 Å². The number of nitrogens with zero attached hydrogens (tertiary/aromatic N) is 3. The predicted octanol–water partition coefficient (Wildman–Crippen LogP) is 3.93. The van der Waals surface area contributed by atoms with E-state index in [1.54, 1.807) is 32.2 Å². The van der Waals surface area contributed by atoms with E-state index in [2.05, 4.69) is 5.10 Å². The molecule has 8 heteroatoms. The van der Waals surface area contributed by atoms with Crippen LogP contribution in [0.4, 0.5) is 4.39 Å². The summed E-state index contributed by atoms with van der Waals surface area (Å²) in [5.74, 6) is -0.294. The monoisotopic (exact) mass is 467 g/mol. The van der Waals surface area contributed by atoms with Gasteiger partial charge in [-0.2, -0.15) is 5.10 Å². The third kappa shape index (κ3) is 4.97. The van der Waals surface area contributed by atoms with Crippen molar-refractivity contribution in [1.82, 2.24) is 9.91 Å². The van der Waals surface area contributed by atoms with Crippen molar-refractivity contribution < 1.29 is 23.5 Å². The molecule has 0 bridgehead atoms. The van der Waals surface area contributed by atoms with Crippen LogP contribution in [0.2, 0.25) is 0 Å². The number of carbonyl (C=O) groups excluding carboxylic acids is 2. The lowest BCUT2D eigenvalue weighted by atomic mass is 9.97. The maximum absolute atomic E-state index is 14.6. The number of piperidine rings is 1. The quantitative estimate of drug-likeness (QED) is 0.577. The lowest BCUT2D eigenvalue weighted by Gasteiger charge is -2.34. The van der Waals surface area contributed by atoms with Crippen LogP contribution in [0.3, 0.4) is 0 Å². The van der Waals surface area contributed by atoms with Gasteiger partial charge >= 0.3 is 5.97 Å². The average molecular weight is 468 g/mol. The summed E-state index contributed by atoms with van der Waals surface area (Å²) in [6.45, 7) is 2.74. The number of ether oxygens (including phenoxy) is 2. The number of amides is 1. The highest BCUT2D eigenvalue weighted by Gasteiger charge is 2.38. The highest BCUT2D eigenvalue weighted by atomic mass is 19.1. The molecule has 0 unspecified atom stereocenters. The molecule has 2 heterocycles. The molecule has 0 N–H and O–H groups in total. The van der Waals surface area contributed by atoms with Gasteiger partial charge in [-0.25, -0.2) is 9.40 Å². The second-order valence-electron chi connectivity index (χ2n) is 8.46. The number of carbonyl (C=O) groups is 2. The van der Waals surface area contributed by atoms with Gasteiger partial charge in [-0.15, -0.1) is 0 Å². The van der Waals surface area contributed by atoms with E-state index >= 15 is 0 Å². The number of hydrogen-bond acceptors (Lipinski definition) is 6. The fourth-order valence-electron chi connectivity index (χ4n) is 4.71. The van der Waals surface area contributed by atoms with Gasteiger partial charge in [-0.1, -0.05) is 42.8 Å². The number of benzene rings is 2. The summed E-state index contributed by atoms with van der Waals surface area (Å²) >= 11 is 0. The number of methoxy groups -OCH3 is 1. The first-order valence-electron chi connectivity index (χ1n) is 11.7. The van der Waals surface area contributed by atoms with Crippen molar-refractivity contribution in [2.75, 3.05) is 26.8 Å².